The number of ether oxygens (including phenoxy) is 3. The van der Waals surface area contributed by atoms with Gasteiger partial charge in [-0.25, -0.2) is 13.5 Å². The van der Waals surface area contributed by atoms with Crippen LogP contribution in [-0.2, 0) is 9.47 Å². The molecule has 0 radical (unpaired) electrons. The van der Waals surface area contributed by atoms with Gasteiger partial charge in [0.25, 0.3) is 0 Å². The van der Waals surface area contributed by atoms with Gasteiger partial charge in [0.1, 0.15) is 17.8 Å². The molecule has 5 heterocycles. The SMILES string of the molecule is COc1nc(N2CC(OC3CCCCO3)C2)cc(-n2ncc3cc(F)c([C@H]4CCN(C)C[C@H]4F)cc32)n1. The van der Waals surface area contributed by atoms with Crippen LogP contribution in [0.25, 0.3) is 16.7 Å². The molecule has 6 rings (SSSR count). The second-order valence-corrected chi connectivity index (χ2v) is 10.2. The maximum absolute atomic E-state index is 15.0. The number of hydrogen-bond donors (Lipinski definition) is 0. The van der Waals surface area contributed by atoms with Crippen LogP contribution in [0.5, 0.6) is 6.01 Å². The number of nitrogens with zero attached hydrogens (tertiary/aromatic N) is 6. The Hall–Kier alpha value is -2.89. The zero-order valence-electron chi connectivity index (χ0n) is 21.1. The van der Waals surface area contributed by atoms with Crippen molar-refractivity contribution in [3.63, 3.8) is 0 Å². The second kappa shape index (κ2) is 10.1. The van der Waals surface area contributed by atoms with E-state index in [1.165, 1.54) is 13.2 Å². The average molecular weight is 515 g/mol. The number of methoxy groups -OCH3 is 1. The number of hydrogen-bond acceptors (Lipinski definition) is 8. The number of alkyl halides is 1. The molecule has 0 spiro atoms. The highest BCUT2D eigenvalue weighted by Crippen LogP contribution is 2.35. The van der Waals surface area contributed by atoms with Crippen LogP contribution in [0, 0.1) is 5.82 Å². The number of piperidine rings is 1. The van der Waals surface area contributed by atoms with Gasteiger partial charge < -0.3 is 24.0 Å². The van der Waals surface area contributed by atoms with Gasteiger partial charge >= 0.3 is 6.01 Å². The van der Waals surface area contributed by atoms with Gasteiger partial charge in [-0.15, -0.1) is 0 Å². The molecular weight excluding hydrogens is 482 g/mol. The van der Waals surface area contributed by atoms with E-state index in [0.717, 1.165) is 32.4 Å². The first-order valence-corrected chi connectivity index (χ1v) is 12.9. The standard InChI is InChI=1S/C26H32F2N6O3/c1-32-7-6-18(21(28)15-32)19-10-22-16(9-20(19)27)12-29-34(22)24-11-23(30-26(31-24)35-2)33-13-17(14-33)37-25-5-3-4-8-36-25/h9-12,17-18,21,25H,3-8,13-15H2,1-2H3/t18-,21-,25?/m1/s1. The summed E-state index contributed by atoms with van der Waals surface area (Å²) < 4.78 is 48.7. The number of anilines is 1. The summed E-state index contributed by atoms with van der Waals surface area (Å²) in [6.07, 6.45) is 4.11. The van der Waals surface area contributed by atoms with Gasteiger partial charge in [-0.2, -0.15) is 15.1 Å². The summed E-state index contributed by atoms with van der Waals surface area (Å²) in [6.45, 7) is 3.13. The van der Waals surface area contributed by atoms with Crippen LogP contribution in [0.1, 0.15) is 37.2 Å². The topological polar surface area (TPSA) is 77.8 Å². The lowest BCUT2D eigenvalue weighted by Gasteiger charge is -2.41. The maximum atomic E-state index is 15.0. The number of likely N-dealkylation sites (tertiary alicyclic amines) is 1. The fourth-order valence-electron chi connectivity index (χ4n) is 5.44. The van der Waals surface area contributed by atoms with Gasteiger partial charge in [-0.3, -0.25) is 0 Å². The van der Waals surface area contributed by atoms with E-state index in [2.05, 4.69) is 20.0 Å². The van der Waals surface area contributed by atoms with E-state index in [-0.39, 0.29) is 18.4 Å². The third-order valence-corrected chi connectivity index (χ3v) is 7.56. The minimum atomic E-state index is -1.13. The summed E-state index contributed by atoms with van der Waals surface area (Å²) in [4.78, 5) is 13.0. The molecule has 37 heavy (non-hydrogen) atoms. The molecule has 0 bridgehead atoms. The Labute approximate surface area is 214 Å². The number of aromatic nitrogens is 4. The number of halogens is 2. The smallest absolute Gasteiger partial charge is 0.320 e. The van der Waals surface area contributed by atoms with Crippen LogP contribution in [0.15, 0.2) is 24.4 Å². The van der Waals surface area contributed by atoms with Gasteiger partial charge in [0.2, 0.25) is 0 Å². The molecule has 198 valence electrons. The summed E-state index contributed by atoms with van der Waals surface area (Å²) in [5.41, 5.74) is 1.04. The lowest BCUT2D eigenvalue weighted by molar-refractivity contribution is -0.191. The molecule has 3 aromatic rings. The van der Waals surface area contributed by atoms with Crippen LogP contribution in [0.4, 0.5) is 14.6 Å². The largest absolute Gasteiger partial charge is 0.467 e. The van der Waals surface area contributed by atoms with Crippen LogP contribution in [0.3, 0.4) is 0 Å². The van der Waals surface area contributed by atoms with E-state index < -0.39 is 17.9 Å². The molecular formula is C26H32F2N6O3. The minimum absolute atomic E-state index is 0.0757. The normalized spacial score (nSPS) is 25.4. The van der Waals surface area contributed by atoms with Gasteiger partial charge in [-0.05, 0) is 57.0 Å². The molecule has 0 amide bonds. The molecule has 3 aliphatic heterocycles. The van der Waals surface area contributed by atoms with Crippen molar-refractivity contribution in [2.24, 2.45) is 0 Å². The first kappa shape index (κ1) is 24.4. The third-order valence-electron chi connectivity index (χ3n) is 7.56. The number of fused-ring (bicyclic) bond motifs is 1. The van der Waals surface area contributed by atoms with Crippen molar-refractivity contribution in [1.82, 2.24) is 24.6 Å². The fourth-order valence-corrected chi connectivity index (χ4v) is 5.44. The van der Waals surface area contributed by atoms with Crippen LogP contribution >= 0.6 is 0 Å². The second-order valence-electron chi connectivity index (χ2n) is 10.2. The van der Waals surface area contributed by atoms with E-state index in [1.807, 2.05) is 18.0 Å². The van der Waals surface area contributed by atoms with Crippen molar-refractivity contribution in [2.75, 3.05) is 51.8 Å². The van der Waals surface area contributed by atoms with Crippen LogP contribution < -0.4 is 9.64 Å². The van der Waals surface area contributed by atoms with E-state index >= 15 is 4.39 Å². The van der Waals surface area contributed by atoms with E-state index in [9.17, 15) is 4.39 Å². The molecule has 0 aliphatic carbocycles. The molecule has 11 heteroatoms. The average Bonchev–Trinajstić information content (AvgIpc) is 3.28. The Morgan fingerprint density at radius 1 is 1.05 bits per heavy atom. The Balaban J connectivity index is 1.27. The summed E-state index contributed by atoms with van der Waals surface area (Å²) in [7, 11) is 3.40. The Morgan fingerprint density at radius 3 is 2.65 bits per heavy atom. The van der Waals surface area contributed by atoms with Crippen molar-refractivity contribution in [3.8, 4) is 11.8 Å². The number of rotatable bonds is 6. The quantitative estimate of drug-likeness (QED) is 0.495. The van der Waals surface area contributed by atoms with Gasteiger partial charge in [-0.1, -0.05) is 0 Å². The first-order chi connectivity index (χ1) is 18.0. The highest BCUT2D eigenvalue weighted by Gasteiger charge is 2.33. The van der Waals surface area contributed by atoms with Crippen molar-refractivity contribution in [2.45, 2.75) is 50.2 Å². The zero-order valence-corrected chi connectivity index (χ0v) is 21.1. The van der Waals surface area contributed by atoms with Gasteiger partial charge in [0.05, 0.1) is 24.9 Å². The Kier molecular flexibility index (Phi) is 6.68. The molecule has 2 aromatic heterocycles. The van der Waals surface area contributed by atoms with Crippen molar-refractivity contribution >= 4 is 16.7 Å². The lowest BCUT2D eigenvalue weighted by atomic mass is 9.87. The van der Waals surface area contributed by atoms with Crippen LogP contribution in [-0.4, -0.2) is 90.2 Å². The zero-order chi connectivity index (χ0) is 25.5. The lowest BCUT2D eigenvalue weighted by Crippen LogP contribution is -2.54. The monoisotopic (exact) mass is 514 g/mol. The predicted octanol–water partition coefficient (Wildman–Crippen LogP) is 3.45. The Morgan fingerprint density at radius 2 is 1.89 bits per heavy atom. The molecule has 3 fully saturated rings. The highest BCUT2D eigenvalue weighted by atomic mass is 19.1. The number of benzene rings is 1. The summed E-state index contributed by atoms with van der Waals surface area (Å²) >= 11 is 0. The predicted molar refractivity (Wildman–Crippen MR) is 134 cm³/mol. The maximum Gasteiger partial charge on any atom is 0.320 e. The molecule has 3 atom stereocenters. The summed E-state index contributed by atoms with van der Waals surface area (Å²) in [5.74, 6) is 0.287. The summed E-state index contributed by atoms with van der Waals surface area (Å²) in [5, 5.41) is 5.10. The highest BCUT2D eigenvalue weighted by molar-refractivity contribution is 5.81. The van der Waals surface area contributed by atoms with Crippen molar-refractivity contribution < 1.29 is 23.0 Å². The van der Waals surface area contributed by atoms with Crippen LogP contribution in [0.2, 0.25) is 0 Å². The molecule has 1 aromatic carbocycles. The van der Waals surface area contributed by atoms with Crippen molar-refractivity contribution in [1.29, 1.82) is 0 Å². The molecule has 9 nitrogen and oxygen atoms in total. The fraction of sp³-hybridized carbons (Fsp3) is 0.577. The van der Waals surface area contributed by atoms with E-state index in [0.29, 0.717) is 54.2 Å². The molecule has 1 unspecified atom stereocenters. The molecule has 0 N–H and O–H groups in total. The minimum Gasteiger partial charge on any atom is -0.467 e. The molecule has 3 saturated heterocycles. The third kappa shape index (κ3) is 4.87. The first-order valence-electron chi connectivity index (χ1n) is 12.9. The summed E-state index contributed by atoms with van der Waals surface area (Å²) in [6, 6.07) is 5.19. The van der Waals surface area contributed by atoms with E-state index in [4.69, 9.17) is 14.2 Å². The van der Waals surface area contributed by atoms with E-state index in [1.54, 1.807) is 16.9 Å². The molecule has 3 aliphatic rings. The van der Waals surface area contributed by atoms with Crippen molar-refractivity contribution in [3.05, 3.63) is 35.8 Å². The van der Waals surface area contributed by atoms with Gasteiger partial charge in [0.15, 0.2) is 12.1 Å². The molecule has 0 saturated carbocycles. The Bertz CT molecular complexity index is 1260. The van der Waals surface area contributed by atoms with Gasteiger partial charge in [0, 0.05) is 43.6 Å².